The van der Waals surface area contributed by atoms with Gasteiger partial charge in [-0.15, -0.1) is 24.0 Å². The third kappa shape index (κ3) is 6.66. The molecule has 9 heteroatoms. The number of guanidine groups is 1. The van der Waals surface area contributed by atoms with Gasteiger partial charge in [0.15, 0.2) is 5.96 Å². The van der Waals surface area contributed by atoms with E-state index in [0.717, 1.165) is 75.6 Å². The molecule has 1 aromatic rings. The second-order valence-electron chi connectivity index (χ2n) is 9.08. The maximum absolute atomic E-state index is 6.15. The highest BCUT2D eigenvalue weighted by molar-refractivity contribution is 14.0. The van der Waals surface area contributed by atoms with Gasteiger partial charge in [0.25, 0.3) is 0 Å². The standard InChI is InChI=1S/C21H38N6OS.HI/c1-6-17-24-20(29-25-17)27-12-10-26(11-13-27)19(22-7-2)23-15-16-9-8-14-28-18(16)21(3,4)5;/h16,18H,6-15H2,1-5H3,(H,22,23);1H. The van der Waals surface area contributed by atoms with Gasteiger partial charge in [-0.1, -0.05) is 27.7 Å². The minimum Gasteiger partial charge on any atom is -0.377 e. The Balaban J connectivity index is 0.00000320. The van der Waals surface area contributed by atoms with Gasteiger partial charge in [-0.2, -0.15) is 4.37 Å². The summed E-state index contributed by atoms with van der Waals surface area (Å²) in [6.45, 7) is 17.5. The van der Waals surface area contributed by atoms with Gasteiger partial charge in [-0.05, 0) is 25.2 Å². The third-order valence-electron chi connectivity index (χ3n) is 5.73. The molecule has 7 nitrogen and oxygen atoms in total. The summed E-state index contributed by atoms with van der Waals surface area (Å²) >= 11 is 1.52. The number of rotatable bonds is 5. The minimum atomic E-state index is 0. The van der Waals surface area contributed by atoms with Crippen LogP contribution >= 0.6 is 35.5 Å². The van der Waals surface area contributed by atoms with Crippen molar-refractivity contribution >= 4 is 46.6 Å². The van der Waals surface area contributed by atoms with Crippen LogP contribution in [-0.4, -0.2) is 72.2 Å². The summed E-state index contributed by atoms with van der Waals surface area (Å²) in [4.78, 5) is 14.4. The Kier molecular flexibility index (Phi) is 10.1. The topological polar surface area (TPSA) is 65.9 Å². The molecule has 0 radical (unpaired) electrons. The molecule has 3 heterocycles. The number of hydrogen-bond acceptors (Lipinski definition) is 6. The minimum absolute atomic E-state index is 0. The zero-order valence-corrected chi connectivity index (χ0v) is 22.3. The van der Waals surface area contributed by atoms with E-state index < -0.39 is 0 Å². The Morgan fingerprint density at radius 2 is 1.97 bits per heavy atom. The Morgan fingerprint density at radius 1 is 1.23 bits per heavy atom. The first-order valence-corrected chi connectivity index (χ1v) is 11.9. The molecule has 2 aliphatic rings. The number of aryl methyl sites for hydroxylation is 1. The van der Waals surface area contributed by atoms with Crippen LogP contribution in [0.5, 0.6) is 0 Å². The number of hydrogen-bond donors (Lipinski definition) is 1. The van der Waals surface area contributed by atoms with Crippen LogP contribution < -0.4 is 10.2 Å². The third-order valence-corrected chi connectivity index (χ3v) is 6.55. The number of piperazine rings is 1. The van der Waals surface area contributed by atoms with Crippen LogP contribution in [0.4, 0.5) is 5.13 Å². The molecule has 0 amide bonds. The number of halogens is 1. The van der Waals surface area contributed by atoms with E-state index in [2.05, 4.69) is 59.1 Å². The van der Waals surface area contributed by atoms with Crippen LogP contribution in [0.2, 0.25) is 0 Å². The van der Waals surface area contributed by atoms with Crippen molar-refractivity contribution in [3.8, 4) is 0 Å². The van der Waals surface area contributed by atoms with Crippen LogP contribution in [-0.2, 0) is 11.2 Å². The van der Waals surface area contributed by atoms with Crippen molar-refractivity contribution in [1.29, 1.82) is 0 Å². The predicted molar refractivity (Wildman–Crippen MR) is 136 cm³/mol. The van der Waals surface area contributed by atoms with E-state index in [1.54, 1.807) is 0 Å². The summed E-state index contributed by atoms with van der Waals surface area (Å²) in [6, 6.07) is 0. The number of nitrogens with zero attached hydrogens (tertiary/aromatic N) is 5. The van der Waals surface area contributed by atoms with E-state index in [4.69, 9.17) is 9.73 Å². The van der Waals surface area contributed by atoms with E-state index in [1.165, 1.54) is 18.0 Å². The molecule has 2 aliphatic heterocycles. The van der Waals surface area contributed by atoms with Crippen LogP contribution in [0.1, 0.15) is 53.3 Å². The molecule has 2 saturated heterocycles. The summed E-state index contributed by atoms with van der Waals surface area (Å²) in [6.07, 6.45) is 3.53. The monoisotopic (exact) mass is 550 g/mol. The predicted octanol–water partition coefficient (Wildman–Crippen LogP) is 3.65. The summed E-state index contributed by atoms with van der Waals surface area (Å²) in [5, 5.41) is 4.56. The van der Waals surface area contributed by atoms with E-state index in [1.807, 2.05) is 0 Å². The van der Waals surface area contributed by atoms with Crippen molar-refractivity contribution in [2.45, 2.75) is 60.0 Å². The highest BCUT2D eigenvalue weighted by Gasteiger charge is 2.35. The molecule has 2 fully saturated rings. The second-order valence-corrected chi connectivity index (χ2v) is 9.81. The fourth-order valence-electron chi connectivity index (χ4n) is 4.24. The van der Waals surface area contributed by atoms with Crippen LogP contribution in [0.25, 0.3) is 0 Å². The normalized spacial score (nSPS) is 23.3. The molecule has 1 aromatic heterocycles. The van der Waals surface area contributed by atoms with Crippen LogP contribution in [0, 0.1) is 11.3 Å². The first-order chi connectivity index (χ1) is 13.9. The molecular formula is C21H39IN6OS. The highest BCUT2D eigenvalue weighted by Crippen LogP contribution is 2.34. The molecular weight excluding hydrogens is 511 g/mol. The molecule has 0 bridgehead atoms. The lowest BCUT2D eigenvalue weighted by atomic mass is 9.78. The smallest absolute Gasteiger partial charge is 0.205 e. The molecule has 0 saturated carbocycles. The molecule has 3 rings (SSSR count). The molecule has 172 valence electrons. The second kappa shape index (κ2) is 11.8. The van der Waals surface area contributed by atoms with Crippen LogP contribution in [0.15, 0.2) is 4.99 Å². The Bertz CT molecular complexity index is 669. The van der Waals surface area contributed by atoms with Crippen molar-refractivity contribution in [2.24, 2.45) is 16.3 Å². The molecule has 2 unspecified atom stereocenters. The van der Waals surface area contributed by atoms with Gasteiger partial charge in [-0.25, -0.2) is 4.98 Å². The van der Waals surface area contributed by atoms with Crippen molar-refractivity contribution in [1.82, 2.24) is 19.6 Å². The number of anilines is 1. The largest absolute Gasteiger partial charge is 0.377 e. The van der Waals surface area contributed by atoms with Gasteiger partial charge in [0.2, 0.25) is 5.13 Å². The zero-order valence-electron chi connectivity index (χ0n) is 19.2. The summed E-state index contributed by atoms with van der Waals surface area (Å²) < 4.78 is 10.6. The van der Waals surface area contributed by atoms with E-state index >= 15 is 0 Å². The Morgan fingerprint density at radius 3 is 2.57 bits per heavy atom. The average molecular weight is 551 g/mol. The molecule has 30 heavy (non-hydrogen) atoms. The average Bonchev–Trinajstić information content (AvgIpc) is 3.20. The van der Waals surface area contributed by atoms with Gasteiger partial charge < -0.3 is 19.9 Å². The van der Waals surface area contributed by atoms with Gasteiger partial charge in [0.1, 0.15) is 5.82 Å². The number of aliphatic imine (C=N–C) groups is 1. The first kappa shape index (κ1) is 25.6. The summed E-state index contributed by atoms with van der Waals surface area (Å²) in [7, 11) is 0. The Hall–Kier alpha value is -0.680. The fourth-order valence-corrected chi connectivity index (χ4v) is 5.04. The van der Waals surface area contributed by atoms with Crippen molar-refractivity contribution < 1.29 is 4.74 Å². The fraction of sp³-hybridized carbons (Fsp3) is 0.857. The maximum Gasteiger partial charge on any atom is 0.205 e. The van der Waals surface area contributed by atoms with Gasteiger partial charge in [0, 0.05) is 69.7 Å². The van der Waals surface area contributed by atoms with Gasteiger partial charge >= 0.3 is 0 Å². The molecule has 2 atom stereocenters. The first-order valence-electron chi connectivity index (χ1n) is 11.1. The van der Waals surface area contributed by atoms with Crippen molar-refractivity contribution in [3.05, 3.63) is 5.82 Å². The highest BCUT2D eigenvalue weighted by atomic mass is 127. The quantitative estimate of drug-likeness (QED) is 0.343. The zero-order chi connectivity index (χ0) is 20.9. The van der Waals surface area contributed by atoms with Gasteiger partial charge in [-0.3, -0.25) is 4.99 Å². The van der Waals surface area contributed by atoms with Crippen LogP contribution in [0.3, 0.4) is 0 Å². The number of nitrogens with one attached hydrogen (secondary N) is 1. The van der Waals surface area contributed by atoms with Gasteiger partial charge in [0.05, 0.1) is 6.10 Å². The summed E-state index contributed by atoms with van der Waals surface area (Å²) in [5.74, 6) is 2.48. The van der Waals surface area contributed by atoms with E-state index in [9.17, 15) is 0 Å². The lowest BCUT2D eigenvalue weighted by Crippen LogP contribution is -2.53. The van der Waals surface area contributed by atoms with E-state index in [-0.39, 0.29) is 35.5 Å². The maximum atomic E-state index is 6.15. The number of ether oxygens (including phenoxy) is 1. The summed E-state index contributed by atoms with van der Waals surface area (Å²) in [5.41, 5.74) is 0.156. The molecule has 0 aliphatic carbocycles. The molecule has 1 N–H and O–H groups in total. The van der Waals surface area contributed by atoms with E-state index in [0.29, 0.717) is 5.92 Å². The molecule has 0 aromatic carbocycles. The van der Waals surface area contributed by atoms with Crippen molar-refractivity contribution in [3.63, 3.8) is 0 Å². The SMILES string of the molecule is CCNC(=NCC1CCCOC1C(C)(C)C)N1CCN(c2nc(CC)ns2)CC1.I. The molecule has 0 spiro atoms. The lowest BCUT2D eigenvalue weighted by molar-refractivity contribution is -0.0824. The number of aromatic nitrogens is 2. The van der Waals surface area contributed by atoms with Crippen molar-refractivity contribution in [2.75, 3.05) is 50.8 Å². The Labute approximate surface area is 203 Å². The lowest BCUT2D eigenvalue weighted by Gasteiger charge is -2.40.